The highest BCUT2D eigenvalue weighted by Crippen LogP contribution is 2.29. The van der Waals surface area contributed by atoms with Crippen LogP contribution in [0, 0.1) is 0 Å². The Labute approximate surface area is 181 Å². The molecule has 1 amide bonds. The van der Waals surface area contributed by atoms with Gasteiger partial charge in [-0.25, -0.2) is 4.79 Å². The molecule has 0 atom stereocenters. The molecule has 1 aliphatic rings. The summed E-state index contributed by atoms with van der Waals surface area (Å²) in [6.07, 6.45) is -4.37. The normalized spacial score (nSPS) is 15.2. The van der Waals surface area contributed by atoms with Crippen molar-refractivity contribution in [1.82, 2.24) is 19.6 Å². The third-order valence-corrected chi connectivity index (χ3v) is 5.30. The van der Waals surface area contributed by atoms with Gasteiger partial charge in [-0.1, -0.05) is 36.4 Å². The molecule has 7 nitrogen and oxygen atoms in total. The number of hydrogen-bond acceptors (Lipinski definition) is 5. The minimum Gasteiger partial charge on any atom is -0.388 e. The molecule has 1 saturated heterocycles. The Bertz CT molecular complexity index is 1130. The number of benzene rings is 2. The predicted octanol–water partition coefficient (Wildman–Crippen LogP) is 2.87. The van der Waals surface area contributed by atoms with E-state index >= 15 is 0 Å². The second kappa shape index (κ2) is 8.99. The van der Waals surface area contributed by atoms with E-state index < -0.39 is 17.5 Å². The third kappa shape index (κ3) is 5.08. The van der Waals surface area contributed by atoms with Gasteiger partial charge < -0.3 is 9.32 Å². The van der Waals surface area contributed by atoms with E-state index in [1.807, 2.05) is 11.0 Å². The number of amides is 1. The average Bonchev–Trinajstić information content (AvgIpc) is 3.14. The standard InChI is InChI=1S/C22H21F3N4O3/c23-22(24,25)18-8-4-5-16(13-18)14-27-9-11-28(12-10-27)19(30)15-29-21(31)32-20(26-29)17-6-2-1-3-7-17/h1-8,13H,9-12,14-15H2. The summed E-state index contributed by atoms with van der Waals surface area (Å²) in [5.41, 5.74) is 0.540. The van der Waals surface area contributed by atoms with Gasteiger partial charge in [0.25, 0.3) is 0 Å². The van der Waals surface area contributed by atoms with Crippen LogP contribution in [-0.4, -0.2) is 51.7 Å². The van der Waals surface area contributed by atoms with E-state index in [4.69, 9.17) is 4.42 Å². The van der Waals surface area contributed by atoms with Gasteiger partial charge in [0.1, 0.15) is 6.54 Å². The summed E-state index contributed by atoms with van der Waals surface area (Å²) in [4.78, 5) is 28.3. The number of rotatable bonds is 5. The maximum Gasteiger partial charge on any atom is 0.437 e. The molecule has 4 rings (SSSR count). The molecule has 0 bridgehead atoms. The molecule has 32 heavy (non-hydrogen) atoms. The first-order chi connectivity index (χ1) is 15.3. The fourth-order valence-electron chi connectivity index (χ4n) is 3.59. The lowest BCUT2D eigenvalue weighted by Crippen LogP contribution is -2.49. The highest BCUT2D eigenvalue weighted by molar-refractivity contribution is 5.76. The summed E-state index contributed by atoms with van der Waals surface area (Å²) in [6, 6.07) is 14.2. The first-order valence-electron chi connectivity index (χ1n) is 10.1. The van der Waals surface area contributed by atoms with E-state index in [-0.39, 0.29) is 18.3 Å². The molecular weight excluding hydrogens is 425 g/mol. The summed E-state index contributed by atoms with van der Waals surface area (Å²) in [7, 11) is 0. The Morgan fingerprint density at radius 3 is 2.41 bits per heavy atom. The van der Waals surface area contributed by atoms with Gasteiger partial charge in [-0.15, -0.1) is 5.10 Å². The van der Waals surface area contributed by atoms with Gasteiger partial charge in [-0.05, 0) is 23.8 Å². The van der Waals surface area contributed by atoms with Gasteiger partial charge in [0.2, 0.25) is 11.8 Å². The second-order valence-electron chi connectivity index (χ2n) is 7.55. The molecule has 1 aromatic heterocycles. The van der Waals surface area contributed by atoms with Crippen molar-refractivity contribution in [1.29, 1.82) is 0 Å². The van der Waals surface area contributed by atoms with Crippen LogP contribution in [0.25, 0.3) is 11.5 Å². The molecule has 0 aliphatic carbocycles. The summed E-state index contributed by atoms with van der Waals surface area (Å²) in [5.74, 6) is -0.826. The zero-order chi connectivity index (χ0) is 22.7. The molecule has 10 heteroatoms. The molecule has 168 valence electrons. The van der Waals surface area contributed by atoms with Crippen LogP contribution in [-0.2, 0) is 24.1 Å². The van der Waals surface area contributed by atoms with Crippen LogP contribution in [0.1, 0.15) is 11.1 Å². The van der Waals surface area contributed by atoms with E-state index in [0.717, 1.165) is 16.8 Å². The molecule has 0 unspecified atom stereocenters. The van der Waals surface area contributed by atoms with Crippen molar-refractivity contribution in [3.8, 4) is 11.5 Å². The highest BCUT2D eigenvalue weighted by atomic mass is 19.4. The van der Waals surface area contributed by atoms with Crippen molar-refractivity contribution in [3.63, 3.8) is 0 Å². The van der Waals surface area contributed by atoms with Crippen molar-refractivity contribution in [2.75, 3.05) is 26.2 Å². The Hall–Kier alpha value is -3.40. The van der Waals surface area contributed by atoms with Crippen molar-refractivity contribution in [3.05, 3.63) is 76.3 Å². The molecule has 0 spiro atoms. The van der Waals surface area contributed by atoms with Gasteiger partial charge in [0.15, 0.2) is 0 Å². The first kappa shape index (κ1) is 21.8. The lowest BCUT2D eigenvalue weighted by molar-refractivity contribution is -0.138. The van der Waals surface area contributed by atoms with E-state index in [1.54, 1.807) is 35.2 Å². The Morgan fingerprint density at radius 2 is 1.72 bits per heavy atom. The van der Waals surface area contributed by atoms with Gasteiger partial charge in [-0.2, -0.15) is 17.9 Å². The first-order valence-corrected chi connectivity index (χ1v) is 10.1. The van der Waals surface area contributed by atoms with E-state index in [1.165, 1.54) is 6.07 Å². The molecule has 1 aliphatic heterocycles. The van der Waals surface area contributed by atoms with Crippen LogP contribution in [0.4, 0.5) is 13.2 Å². The number of halogens is 3. The summed E-state index contributed by atoms with van der Waals surface area (Å²) >= 11 is 0. The Balaban J connectivity index is 1.33. The lowest BCUT2D eigenvalue weighted by atomic mass is 10.1. The summed E-state index contributed by atoms with van der Waals surface area (Å²) in [5, 5.41) is 4.10. The number of piperazine rings is 1. The molecule has 0 saturated carbocycles. The van der Waals surface area contributed by atoms with Crippen LogP contribution in [0.15, 0.2) is 63.8 Å². The van der Waals surface area contributed by atoms with Gasteiger partial charge in [-0.3, -0.25) is 9.69 Å². The van der Waals surface area contributed by atoms with E-state index in [0.29, 0.717) is 43.9 Å². The SMILES string of the molecule is O=C(Cn1nc(-c2ccccc2)oc1=O)N1CCN(Cc2cccc(C(F)(F)F)c2)CC1. The van der Waals surface area contributed by atoms with E-state index in [9.17, 15) is 22.8 Å². The van der Waals surface area contributed by atoms with Gasteiger partial charge in [0, 0.05) is 38.3 Å². The van der Waals surface area contributed by atoms with Crippen LogP contribution in [0.3, 0.4) is 0 Å². The van der Waals surface area contributed by atoms with E-state index in [2.05, 4.69) is 5.10 Å². The van der Waals surface area contributed by atoms with Crippen molar-refractivity contribution < 1.29 is 22.4 Å². The molecule has 2 aromatic carbocycles. The fourth-order valence-corrected chi connectivity index (χ4v) is 3.59. The van der Waals surface area contributed by atoms with Crippen LogP contribution in [0.5, 0.6) is 0 Å². The monoisotopic (exact) mass is 446 g/mol. The number of carbonyl (C=O) groups is 1. The highest BCUT2D eigenvalue weighted by Gasteiger charge is 2.30. The van der Waals surface area contributed by atoms with Crippen LogP contribution < -0.4 is 5.76 Å². The van der Waals surface area contributed by atoms with Gasteiger partial charge in [0.05, 0.1) is 5.56 Å². The summed E-state index contributed by atoms with van der Waals surface area (Å²) < 4.78 is 44.8. The molecule has 1 fully saturated rings. The number of aromatic nitrogens is 2. The van der Waals surface area contributed by atoms with Crippen LogP contribution >= 0.6 is 0 Å². The number of nitrogens with zero attached hydrogens (tertiary/aromatic N) is 4. The number of alkyl halides is 3. The minimum absolute atomic E-state index is 0.148. The number of carbonyl (C=O) groups excluding carboxylic acids is 1. The maximum atomic E-state index is 12.9. The summed E-state index contributed by atoms with van der Waals surface area (Å²) in [6.45, 7) is 2.00. The zero-order valence-electron chi connectivity index (χ0n) is 17.1. The van der Waals surface area contributed by atoms with Crippen LogP contribution in [0.2, 0.25) is 0 Å². The number of hydrogen-bond donors (Lipinski definition) is 0. The molecule has 0 N–H and O–H groups in total. The predicted molar refractivity (Wildman–Crippen MR) is 110 cm³/mol. The second-order valence-corrected chi connectivity index (χ2v) is 7.55. The van der Waals surface area contributed by atoms with Gasteiger partial charge >= 0.3 is 11.9 Å². The molecule has 3 aromatic rings. The lowest BCUT2D eigenvalue weighted by Gasteiger charge is -2.34. The molecule has 0 radical (unpaired) electrons. The largest absolute Gasteiger partial charge is 0.437 e. The zero-order valence-corrected chi connectivity index (χ0v) is 17.1. The fraction of sp³-hybridized carbons (Fsp3) is 0.318. The Morgan fingerprint density at radius 1 is 1.00 bits per heavy atom. The third-order valence-electron chi connectivity index (χ3n) is 5.30. The van der Waals surface area contributed by atoms with Crippen molar-refractivity contribution >= 4 is 5.91 Å². The topological polar surface area (TPSA) is 71.6 Å². The van der Waals surface area contributed by atoms with Crippen molar-refractivity contribution in [2.45, 2.75) is 19.3 Å². The smallest absolute Gasteiger partial charge is 0.388 e. The quantitative estimate of drug-likeness (QED) is 0.603. The van der Waals surface area contributed by atoms with Crippen molar-refractivity contribution in [2.24, 2.45) is 0 Å². The average molecular weight is 446 g/mol. The molecule has 2 heterocycles. The molecular formula is C22H21F3N4O3. The maximum absolute atomic E-state index is 12.9. The Kier molecular flexibility index (Phi) is 6.13. The minimum atomic E-state index is -4.37.